The van der Waals surface area contributed by atoms with Crippen molar-refractivity contribution in [2.75, 3.05) is 6.61 Å². The Bertz CT molecular complexity index is 2100. The van der Waals surface area contributed by atoms with Crippen LogP contribution < -0.4 is 24.2 Å². The first-order valence-corrected chi connectivity index (χ1v) is 22.0. The summed E-state index contributed by atoms with van der Waals surface area (Å²) >= 11 is 0. The summed E-state index contributed by atoms with van der Waals surface area (Å²) in [6.45, 7) is 12.6. The maximum absolute atomic E-state index is 13.9. The zero-order chi connectivity index (χ0) is 43.5. The molecule has 2 heterocycles. The van der Waals surface area contributed by atoms with E-state index in [9.17, 15) is 19.8 Å². The standard InChI is InChI=1S/C25H31NO3.C24H27NO3.C4H7.CH4.B.Li/c1-3-17(2)13-21(27)15-20(14-18-9-5-4-6-10-18)25(29)26-24-22-12-8-7-11-19(22)16-23(24)28;1-24(2)25(22-20-11-7-6-10-17(20)14-21(22)28-24)23(26)18(13-19-15-27-19)12-16-8-4-3-5-9-16;1-3-4-2;;;/h3-12,20-21,23-24,27-28H,13-16H2,1-2H3,(H,26,29);3-11,18-19,21-22H,12-15H2,1-2H3;3H,1-2H3;1H4;;/q;;-1;;;+1/b17-3+;;;;;/t20-,21-,23-,24+;18?,19?,21-,22?;;;;/m11..../s1. The number of rotatable bonds is 13. The number of ether oxygens (including phenoxy) is 2. The molecule has 0 saturated carbocycles. The molecule has 2 aliphatic heterocycles. The summed E-state index contributed by atoms with van der Waals surface area (Å²) in [6, 6.07) is 36.1. The van der Waals surface area contributed by atoms with Gasteiger partial charge in [-0.15, -0.1) is 0 Å². The molecule has 335 valence electrons. The first kappa shape index (κ1) is 54.1. The molecule has 8 rings (SSSR count). The summed E-state index contributed by atoms with van der Waals surface area (Å²) in [5.41, 5.74) is 7.38. The Morgan fingerprint density at radius 3 is 1.92 bits per heavy atom. The largest absolute Gasteiger partial charge is 1.00 e. The number of epoxide rings is 1. The Morgan fingerprint density at radius 2 is 1.38 bits per heavy atom. The molecule has 4 aromatic carbocycles. The summed E-state index contributed by atoms with van der Waals surface area (Å²) < 4.78 is 11.9. The second-order valence-corrected chi connectivity index (χ2v) is 17.4. The molecule has 8 atom stereocenters. The molecular formula is C54H69BLiN2O6. The average molecular weight is 860 g/mol. The van der Waals surface area contributed by atoms with Gasteiger partial charge in [-0.1, -0.05) is 135 Å². The van der Waals surface area contributed by atoms with Crippen LogP contribution in [0.3, 0.4) is 0 Å². The van der Waals surface area contributed by atoms with Gasteiger partial charge in [-0.05, 0) is 93.2 Å². The Hall–Kier alpha value is -4.20. The van der Waals surface area contributed by atoms with E-state index in [1.165, 1.54) is 16.7 Å². The van der Waals surface area contributed by atoms with Crippen molar-refractivity contribution in [1.29, 1.82) is 0 Å². The van der Waals surface area contributed by atoms with Crippen LogP contribution in [0.15, 0.2) is 127 Å². The van der Waals surface area contributed by atoms with E-state index in [0.717, 1.165) is 48.1 Å². The van der Waals surface area contributed by atoms with Crippen molar-refractivity contribution in [1.82, 2.24) is 10.2 Å². The van der Waals surface area contributed by atoms with Crippen molar-refractivity contribution in [3.63, 3.8) is 0 Å². The smallest absolute Gasteiger partial charge is 0.504 e. The van der Waals surface area contributed by atoms with Crippen LogP contribution in [0.2, 0.25) is 0 Å². The summed E-state index contributed by atoms with van der Waals surface area (Å²) in [5.74, 6) is -0.387. The molecule has 3 unspecified atom stereocenters. The minimum Gasteiger partial charge on any atom is -0.504 e. The number of nitrogens with one attached hydrogen (secondary N) is 1. The van der Waals surface area contributed by atoms with Gasteiger partial charge in [0, 0.05) is 33.1 Å². The van der Waals surface area contributed by atoms with E-state index in [-0.39, 0.29) is 76.6 Å². The van der Waals surface area contributed by atoms with Gasteiger partial charge in [0.05, 0.1) is 43.1 Å². The van der Waals surface area contributed by atoms with Crippen molar-refractivity contribution in [2.45, 2.75) is 136 Å². The minimum atomic E-state index is -0.621. The molecule has 10 heteroatoms. The first-order valence-electron chi connectivity index (χ1n) is 22.0. The molecular weight excluding hydrogens is 790 g/mol. The van der Waals surface area contributed by atoms with Gasteiger partial charge in [0.2, 0.25) is 11.8 Å². The Morgan fingerprint density at radius 1 is 0.859 bits per heavy atom. The SMILES string of the molecule is C.C/C=C(\C)C[C@@H](O)C[C@@H](Cc1ccccc1)C(=O)N[C@H]1c2ccccc2C[C@H]1O.CC1(C)O[C@@H]2Cc3ccccc3C2N1C(=O)C(Cc1ccccc1)CC1CO1.C[C-]=CC.[B].[Li+]. The Balaban J connectivity index is 0.000000301. The minimum absolute atomic E-state index is 0. The average Bonchev–Trinajstić information content (AvgIpc) is 3.86. The topological polar surface area (TPSA) is 112 Å². The van der Waals surface area contributed by atoms with Crippen LogP contribution in [0.25, 0.3) is 0 Å². The first-order chi connectivity index (χ1) is 29.4. The van der Waals surface area contributed by atoms with E-state index < -0.39 is 24.0 Å². The van der Waals surface area contributed by atoms with E-state index in [1.54, 1.807) is 0 Å². The third kappa shape index (κ3) is 14.2. The molecule has 2 aliphatic carbocycles. The number of hydrogen-bond acceptors (Lipinski definition) is 6. The molecule has 0 aromatic heterocycles. The van der Waals surface area contributed by atoms with Crippen molar-refractivity contribution in [3.8, 4) is 0 Å². The number of fused-ring (bicyclic) bond motifs is 4. The van der Waals surface area contributed by atoms with E-state index in [4.69, 9.17) is 9.47 Å². The number of carbonyl (C=O) groups excluding carboxylic acids is 2. The molecule has 8 nitrogen and oxygen atoms in total. The number of aliphatic hydroxyl groups excluding tert-OH is 2. The molecule has 4 aliphatic rings. The van der Waals surface area contributed by atoms with Crippen LogP contribution in [-0.4, -0.2) is 72.1 Å². The summed E-state index contributed by atoms with van der Waals surface area (Å²) in [4.78, 5) is 29.1. The van der Waals surface area contributed by atoms with Crippen LogP contribution in [0.5, 0.6) is 0 Å². The predicted molar refractivity (Wildman–Crippen MR) is 254 cm³/mol. The number of carbonyl (C=O) groups is 2. The number of allylic oxidation sites excluding steroid dienone is 3. The van der Waals surface area contributed by atoms with Crippen LogP contribution >= 0.6 is 0 Å². The van der Waals surface area contributed by atoms with Crippen molar-refractivity contribution in [2.24, 2.45) is 11.8 Å². The second kappa shape index (κ2) is 25.5. The summed E-state index contributed by atoms with van der Waals surface area (Å²) in [5, 5.41) is 24.1. The third-order valence-electron chi connectivity index (χ3n) is 12.4. The third-order valence-corrected chi connectivity index (χ3v) is 12.4. The molecule has 2 fully saturated rings. The molecule has 64 heavy (non-hydrogen) atoms. The van der Waals surface area contributed by atoms with Crippen LogP contribution in [0.1, 0.15) is 114 Å². The summed E-state index contributed by atoms with van der Waals surface area (Å²) in [7, 11) is 0. The van der Waals surface area contributed by atoms with E-state index in [2.05, 4.69) is 47.8 Å². The molecule has 2 amide bonds. The number of nitrogens with zero attached hydrogens (tertiary/aromatic N) is 1. The molecule has 0 spiro atoms. The van der Waals surface area contributed by atoms with E-state index in [0.29, 0.717) is 25.7 Å². The second-order valence-electron chi connectivity index (χ2n) is 17.4. The predicted octanol–water partition coefficient (Wildman–Crippen LogP) is 6.27. The van der Waals surface area contributed by atoms with E-state index in [1.807, 2.05) is 131 Å². The van der Waals surface area contributed by atoms with Crippen molar-refractivity contribution >= 4 is 20.2 Å². The van der Waals surface area contributed by atoms with Gasteiger partial charge in [0.15, 0.2) is 0 Å². The zero-order valence-corrected chi connectivity index (χ0v) is 38.4. The van der Waals surface area contributed by atoms with Gasteiger partial charge < -0.3 is 36.0 Å². The summed E-state index contributed by atoms with van der Waals surface area (Å²) in [6.07, 6.45) is 10.2. The van der Waals surface area contributed by atoms with E-state index >= 15 is 0 Å². The maximum Gasteiger partial charge on any atom is 1.00 e. The van der Waals surface area contributed by atoms with Gasteiger partial charge in [0.1, 0.15) is 5.72 Å². The van der Waals surface area contributed by atoms with Gasteiger partial charge in [0.25, 0.3) is 0 Å². The van der Waals surface area contributed by atoms with Crippen molar-refractivity contribution in [3.05, 3.63) is 166 Å². The molecule has 0 bridgehead atoms. The molecule has 3 radical (unpaired) electrons. The molecule has 4 aromatic rings. The van der Waals surface area contributed by atoms with Crippen LogP contribution in [0.4, 0.5) is 0 Å². The zero-order valence-electron chi connectivity index (χ0n) is 38.4. The number of amides is 2. The fourth-order valence-corrected chi connectivity index (χ4v) is 9.10. The Kier molecular flexibility index (Phi) is 21.6. The van der Waals surface area contributed by atoms with Crippen molar-refractivity contribution < 1.29 is 48.1 Å². The fourth-order valence-electron chi connectivity index (χ4n) is 9.10. The molecule has 2 saturated heterocycles. The van der Waals surface area contributed by atoms with Crippen LogP contribution in [-0.2, 0) is 44.7 Å². The Labute approximate surface area is 397 Å². The monoisotopic (exact) mass is 860 g/mol. The van der Waals surface area contributed by atoms with Gasteiger partial charge in [-0.2, -0.15) is 6.92 Å². The quantitative estimate of drug-likeness (QED) is 0.0634. The fraction of sp³-hybridized carbons (Fsp3) is 0.444. The molecule has 3 N–H and O–H groups in total. The normalized spacial score (nSPS) is 22.2. The number of aliphatic hydroxyl groups is 2. The number of benzene rings is 4. The van der Waals surface area contributed by atoms with Crippen LogP contribution in [0, 0.1) is 17.9 Å². The van der Waals surface area contributed by atoms with Gasteiger partial charge in [-0.25, -0.2) is 0 Å². The van der Waals surface area contributed by atoms with Gasteiger partial charge in [-0.3, -0.25) is 15.7 Å². The maximum atomic E-state index is 13.9. The number of hydrogen-bond donors (Lipinski definition) is 3. The van der Waals surface area contributed by atoms with Gasteiger partial charge >= 0.3 is 18.9 Å².